The minimum atomic E-state index is -0.490. The molecule has 0 unspecified atom stereocenters. The molecule has 0 saturated carbocycles. The van der Waals surface area contributed by atoms with Crippen molar-refractivity contribution in [1.82, 2.24) is 19.9 Å². The topological polar surface area (TPSA) is 89.0 Å². The molecule has 0 bridgehead atoms. The van der Waals surface area contributed by atoms with E-state index in [9.17, 15) is 9.18 Å². The van der Waals surface area contributed by atoms with Crippen LogP contribution in [0, 0.1) is 5.82 Å². The Balaban J connectivity index is 1.19. The largest absolute Gasteiger partial charge is 0.490 e. The van der Waals surface area contributed by atoms with Crippen molar-refractivity contribution in [2.24, 2.45) is 0 Å². The third-order valence-corrected chi connectivity index (χ3v) is 7.62. The monoisotopic (exact) mass is 591 g/mol. The SMILES string of the molecule is O=C(Cc1ccccc1)ON1CC(Nc2cc3c(-c4ccc(F)c(Cl)c4)ncnc3cc2OCCN2CCOCC2)C1. The molecular weight excluding hydrogens is 561 g/mol. The summed E-state index contributed by atoms with van der Waals surface area (Å²) in [6, 6.07) is 17.9. The van der Waals surface area contributed by atoms with E-state index in [2.05, 4.69) is 20.2 Å². The van der Waals surface area contributed by atoms with Gasteiger partial charge in [0.15, 0.2) is 0 Å². The number of rotatable bonds is 10. The molecule has 0 spiro atoms. The molecule has 2 saturated heterocycles. The van der Waals surface area contributed by atoms with Crippen molar-refractivity contribution in [1.29, 1.82) is 0 Å². The fourth-order valence-electron chi connectivity index (χ4n) is 5.06. The van der Waals surface area contributed by atoms with Gasteiger partial charge in [0.05, 0.1) is 60.7 Å². The van der Waals surface area contributed by atoms with E-state index in [1.807, 2.05) is 42.5 Å². The Kier molecular flexibility index (Phi) is 8.76. The lowest BCUT2D eigenvalue weighted by Crippen LogP contribution is -2.55. The summed E-state index contributed by atoms with van der Waals surface area (Å²) in [6.07, 6.45) is 1.70. The van der Waals surface area contributed by atoms with Crippen molar-refractivity contribution >= 4 is 34.2 Å². The molecule has 2 fully saturated rings. The van der Waals surface area contributed by atoms with Gasteiger partial charge in [-0.25, -0.2) is 19.2 Å². The number of nitrogens with zero attached hydrogens (tertiary/aromatic N) is 4. The predicted octanol–water partition coefficient (Wildman–Crippen LogP) is 4.60. The molecule has 2 aliphatic rings. The number of morpholine rings is 1. The van der Waals surface area contributed by atoms with Gasteiger partial charge in [0.25, 0.3) is 0 Å². The first-order valence-corrected chi connectivity index (χ1v) is 14.3. The van der Waals surface area contributed by atoms with E-state index in [4.69, 9.17) is 25.9 Å². The highest BCUT2D eigenvalue weighted by molar-refractivity contribution is 6.31. The minimum Gasteiger partial charge on any atom is -0.490 e. The number of anilines is 1. The van der Waals surface area contributed by atoms with Crippen LogP contribution in [-0.4, -0.2) is 84.5 Å². The number of aromatic nitrogens is 2. The van der Waals surface area contributed by atoms with Crippen molar-refractivity contribution in [3.63, 3.8) is 0 Å². The average Bonchev–Trinajstić information content (AvgIpc) is 2.98. The Hall–Kier alpha value is -3.83. The predicted molar refractivity (Wildman–Crippen MR) is 158 cm³/mol. The highest BCUT2D eigenvalue weighted by atomic mass is 35.5. The highest BCUT2D eigenvalue weighted by Crippen LogP contribution is 2.36. The van der Waals surface area contributed by atoms with E-state index in [1.54, 1.807) is 17.2 Å². The van der Waals surface area contributed by atoms with Gasteiger partial charge in [0.2, 0.25) is 0 Å². The molecule has 1 N–H and O–H groups in total. The fraction of sp³-hybridized carbons (Fsp3) is 0.323. The quantitative estimate of drug-likeness (QED) is 0.284. The lowest BCUT2D eigenvalue weighted by molar-refractivity contribution is -0.208. The number of nitrogens with one attached hydrogen (secondary N) is 1. The van der Waals surface area contributed by atoms with E-state index < -0.39 is 5.82 Å². The van der Waals surface area contributed by atoms with Crippen LogP contribution in [0.1, 0.15) is 5.56 Å². The van der Waals surface area contributed by atoms with Gasteiger partial charge >= 0.3 is 5.97 Å². The van der Waals surface area contributed by atoms with Gasteiger partial charge in [-0.1, -0.05) is 41.9 Å². The Morgan fingerprint density at radius 3 is 2.67 bits per heavy atom. The number of carbonyl (C=O) groups excluding carboxylic acids is 1. The Morgan fingerprint density at radius 1 is 1.07 bits per heavy atom. The molecule has 42 heavy (non-hydrogen) atoms. The summed E-state index contributed by atoms with van der Waals surface area (Å²) in [5, 5.41) is 5.99. The van der Waals surface area contributed by atoms with E-state index in [1.165, 1.54) is 12.4 Å². The summed E-state index contributed by atoms with van der Waals surface area (Å²) in [5.74, 6) is -0.120. The molecule has 11 heteroatoms. The molecule has 218 valence electrons. The summed E-state index contributed by atoms with van der Waals surface area (Å²) in [4.78, 5) is 29.2. The molecule has 6 rings (SSSR count). The van der Waals surface area contributed by atoms with E-state index in [0.29, 0.717) is 42.2 Å². The Labute approximate surface area is 248 Å². The van der Waals surface area contributed by atoms with E-state index in [-0.39, 0.29) is 23.5 Å². The molecule has 3 aromatic carbocycles. The second kappa shape index (κ2) is 13.0. The van der Waals surface area contributed by atoms with Gasteiger partial charge in [-0.2, -0.15) is 0 Å². The maximum atomic E-state index is 13.9. The van der Waals surface area contributed by atoms with Crippen LogP contribution in [0.3, 0.4) is 0 Å². The maximum Gasteiger partial charge on any atom is 0.329 e. The maximum absolute atomic E-state index is 13.9. The number of hydrogen-bond acceptors (Lipinski definition) is 9. The van der Waals surface area contributed by atoms with Crippen LogP contribution < -0.4 is 10.1 Å². The number of fused-ring (bicyclic) bond motifs is 1. The standard InChI is InChI=1S/C31H31ClFN5O4/c32-25-15-22(6-7-26(25)33)31-24-16-28(36-23-18-38(19-23)42-30(39)14-21-4-2-1-3-5-21)29(17-27(24)34-20-35-31)41-13-10-37-8-11-40-12-9-37/h1-7,15-17,20,23,36H,8-14,18-19H2. The molecule has 1 aromatic heterocycles. The number of carbonyl (C=O) groups is 1. The highest BCUT2D eigenvalue weighted by Gasteiger charge is 2.31. The van der Waals surface area contributed by atoms with Gasteiger partial charge in [-0.15, -0.1) is 5.06 Å². The second-order valence-electron chi connectivity index (χ2n) is 10.3. The van der Waals surface area contributed by atoms with Gasteiger partial charge in [-0.3, -0.25) is 4.90 Å². The van der Waals surface area contributed by atoms with Crippen molar-refractivity contribution < 1.29 is 23.5 Å². The van der Waals surface area contributed by atoms with Crippen molar-refractivity contribution in [2.45, 2.75) is 12.5 Å². The van der Waals surface area contributed by atoms with Crippen LogP contribution in [0.5, 0.6) is 5.75 Å². The van der Waals surface area contributed by atoms with Crippen LogP contribution >= 0.6 is 11.6 Å². The summed E-state index contributed by atoms with van der Waals surface area (Å²) in [7, 11) is 0. The van der Waals surface area contributed by atoms with Crippen LogP contribution in [0.2, 0.25) is 5.02 Å². The zero-order chi connectivity index (χ0) is 28.9. The smallest absolute Gasteiger partial charge is 0.329 e. The normalized spacial score (nSPS) is 16.2. The molecular formula is C31H31ClFN5O4. The second-order valence-corrected chi connectivity index (χ2v) is 10.7. The first-order valence-electron chi connectivity index (χ1n) is 13.9. The van der Waals surface area contributed by atoms with Gasteiger partial charge in [-0.05, 0) is 29.8 Å². The Morgan fingerprint density at radius 2 is 1.88 bits per heavy atom. The molecule has 9 nitrogen and oxygen atoms in total. The molecule has 0 radical (unpaired) electrons. The third-order valence-electron chi connectivity index (χ3n) is 7.33. The number of ether oxygens (including phenoxy) is 2. The van der Waals surface area contributed by atoms with Crippen LogP contribution in [0.15, 0.2) is 67.0 Å². The first kappa shape index (κ1) is 28.3. The number of hydroxylamine groups is 2. The average molecular weight is 592 g/mol. The number of hydrogen-bond donors (Lipinski definition) is 1. The summed E-state index contributed by atoms with van der Waals surface area (Å²) >= 11 is 6.08. The van der Waals surface area contributed by atoms with E-state index in [0.717, 1.165) is 49.5 Å². The summed E-state index contributed by atoms with van der Waals surface area (Å²) < 4.78 is 25.6. The molecule has 3 heterocycles. The van der Waals surface area contributed by atoms with Crippen LogP contribution in [-0.2, 0) is 20.8 Å². The van der Waals surface area contributed by atoms with Gasteiger partial charge in [0, 0.05) is 36.7 Å². The molecule has 4 aromatic rings. The molecule has 2 aliphatic heterocycles. The van der Waals surface area contributed by atoms with Crippen LogP contribution in [0.25, 0.3) is 22.2 Å². The summed E-state index contributed by atoms with van der Waals surface area (Å²) in [5.41, 5.74) is 3.69. The third kappa shape index (κ3) is 6.79. The number of benzene rings is 3. The molecule has 0 aliphatic carbocycles. The van der Waals surface area contributed by atoms with E-state index >= 15 is 0 Å². The van der Waals surface area contributed by atoms with Gasteiger partial charge < -0.3 is 19.6 Å². The Bertz CT molecular complexity index is 1550. The number of halogens is 2. The zero-order valence-corrected chi connectivity index (χ0v) is 23.7. The molecule has 0 amide bonds. The minimum absolute atomic E-state index is 0.0250. The van der Waals surface area contributed by atoms with Crippen molar-refractivity contribution in [3.05, 3.63) is 83.4 Å². The van der Waals surface area contributed by atoms with Crippen molar-refractivity contribution in [3.8, 4) is 17.0 Å². The van der Waals surface area contributed by atoms with Crippen molar-refractivity contribution in [2.75, 3.05) is 57.9 Å². The fourth-order valence-corrected chi connectivity index (χ4v) is 5.24. The van der Waals surface area contributed by atoms with Gasteiger partial charge in [0.1, 0.15) is 24.5 Å². The lowest BCUT2D eigenvalue weighted by Gasteiger charge is -2.38. The molecule has 0 atom stereocenters. The lowest BCUT2D eigenvalue weighted by atomic mass is 10.0. The summed E-state index contributed by atoms with van der Waals surface area (Å²) in [6.45, 7) is 5.54. The zero-order valence-electron chi connectivity index (χ0n) is 23.0. The van der Waals surface area contributed by atoms with Crippen LogP contribution in [0.4, 0.5) is 10.1 Å². The first-order chi connectivity index (χ1) is 20.5.